The summed E-state index contributed by atoms with van der Waals surface area (Å²) >= 11 is 0. The quantitative estimate of drug-likeness (QED) is 0.462. The van der Waals surface area contributed by atoms with E-state index in [1.165, 1.54) is 0 Å². The number of hydrogen-bond donors (Lipinski definition) is 3. The minimum atomic E-state index is -0.883. The Bertz CT molecular complexity index is 655. The molecule has 0 saturated heterocycles. The van der Waals surface area contributed by atoms with Crippen LogP contribution >= 0.6 is 0 Å². The second-order valence-electron chi connectivity index (χ2n) is 6.50. The van der Waals surface area contributed by atoms with Gasteiger partial charge in [0.1, 0.15) is 11.9 Å². The van der Waals surface area contributed by atoms with Crippen molar-refractivity contribution >= 4 is 11.8 Å². The molecule has 0 aliphatic heterocycles. The second kappa shape index (κ2) is 9.99. The van der Waals surface area contributed by atoms with Gasteiger partial charge in [0.25, 0.3) is 0 Å². The highest BCUT2D eigenvalue weighted by molar-refractivity contribution is 5.84. The number of aliphatic hydroxyl groups is 2. The summed E-state index contributed by atoms with van der Waals surface area (Å²) in [5, 5.41) is 28.9. The Morgan fingerprint density at radius 3 is 2.85 bits per heavy atom. The van der Waals surface area contributed by atoms with Gasteiger partial charge >= 0.3 is 5.97 Å². The molecule has 2 rings (SSSR count). The monoisotopic (exact) mass is 359 g/mol. The van der Waals surface area contributed by atoms with E-state index in [1.54, 1.807) is 36.5 Å². The molecule has 0 amide bonds. The SMILES string of the molecule is O=C(O)CCC/C=C\C[C@H]1C(=O)C[C@@H](O)[C@@H]1/C=C/[C@@H](O)c1ccccn1. The van der Waals surface area contributed by atoms with Crippen LogP contribution in [0.4, 0.5) is 0 Å². The number of allylic oxidation sites excluding steroid dienone is 2. The molecule has 6 heteroatoms. The van der Waals surface area contributed by atoms with E-state index in [-0.39, 0.29) is 30.5 Å². The number of rotatable bonds is 9. The van der Waals surface area contributed by atoms with Gasteiger partial charge in [0.05, 0.1) is 11.8 Å². The van der Waals surface area contributed by atoms with Crippen molar-refractivity contribution in [3.05, 3.63) is 54.4 Å². The maximum Gasteiger partial charge on any atom is 0.303 e. The molecule has 3 N–H and O–H groups in total. The summed E-state index contributed by atoms with van der Waals surface area (Å²) in [5.41, 5.74) is 0.512. The number of pyridine rings is 1. The maximum atomic E-state index is 12.1. The van der Waals surface area contributed by atoms with E-state index >= 15 is 0 Å². The lowest BCUT2D eigenvalue weighted by molar-refractivity contribution is -0.137. The molecule has 1 aliphatic rings. The Morgan fingerprint density at radius 1 is 1.35 bits per heavy atom. The van der Waals surface area contributed by atoms with Gasteiger partial charge in [-0.2, -0.15) is 0 Å². The van der Waals surface area contributed by atoms with Crippen molar-refractivity contribution in [3.63, 3.8) is 0 Å². The van der Waals surface area contributed by atoms with E-state index in [2.05, 4.69) is 4.98 Å². The Balaban J connectivity index is 1.92. The molecule has 1 heterocycles. The van der Waals surface area contributed by atoms with Crippen LogP contribution in [0, 0.1) is 11.8 Å². The number of carboxylic acids is 1. The van der Waals surface area contributed by atoms with E-state index in [9.17, 15) is 19.8 Å². The van der Waals surface area contributed by atoms with Crippen LogP contribution < -0.4 is 0 Å². The number of Topliss-reactive ketones (excluding diaryl/α,β-unsaturated/α-hetero) is 1. The lowest BCUT2D eigenvalue weighted by Gasteiger charge is -2.16. The molecule has 0 unspecified atom stereocenters. The van der Waals surface area contributed by atoms with Gasteiger partial charge in [0.2, 0.25) is 0 Å². The van der Waals surface area contributed by atoms with Gasteiger partial charge in [-0.25, -0.2) is 0 Å². The first-order chi connectivity index (χ1) is 12.5. The van der Waals surface area contributed by atoms with E-state index in [4.69, 9.17) is 5.11 Å². The fourth-order valence-electron chi connectivity index (χ4n) is 3.14. The highest BCUT2D eigenvalue weighted by atomic mass is 16.4. The summed E-state index contributed by atoms with van der Waals surface area (Å²) in [4.78, 5) is 26.7. The number of ketones is 1. The molecule has 0 radical (unpaired) electrons. The van der Waals surface area contributed by atoms with E-state index in [1.807, 2.05) is 12.2 Å². The summed E-state index contributed by atoms with van der Waals surface area (Å²) in [6, 6.07) is 5.26. The molecule has 1 aromatic rings. The van der Waals surface area contributed by atoms with Gasteiger partial charge in [-0.15, -0.1) is 0 Å². The third-order valence-electron chi connectivity index (χ3n) is 4.56. The Morgan fingerprint density at radius 2 is 2.15 bits per heavy atom. The molecule has 1 fully saturated rings. The second-order valence-corrected chi connectivity index (χ2v) is 6.50. The molecule has 0 bridgehead atoms. The van der Waals surface area contributed by atoms with Crippen molar-refractivity contribution < 1.29 is 24.9 Å². The van der Waals surface area contributed by atoms with Gasteiger partial charge < -0.3 is 15.3 Å². The van der Waals surface area contributed by atoms with Gasteiger partial charge in [-0.05, 0) is 31.4 Å². The third kappa shape index (κ3) is 5.89. The average molecular weight is 359 g/mol. The van der Waals surface area contributed by atoms with Gasteiger partial charge in [0, 0.05) is 30.9 Å². The molecule has 0 spiro atoms. The molecule has 1 aromatic heterocycles. The fraction of sp³-hybridized carbons (Fsp3) is 0.450. The van der Waals surface area contributed by atoms with Crippen molar-refractivity contribution in [1.82, 2.24) is 4.98 Å². The van der Waals surface area contributed by atoms with Crippen LogP contribution in [0.3, 0.4) is 0 Å². The summed E-state index contributed by atoms with van der Waals surface area (Å²) in [7, 11) is 0. The molecule has 26 heavy (non-hydrogen) atoms. The molecular formula is C20H25NO5. The van der Waals surface area contributed by atoms with Crippen LogP contribution in [0.25, 0.3) is 0 Å². The van der Waals surface area contributed by atoms with Crippen LogP contribution in [0.1, 0.15) is 43.9 Å². The molecule has 1 saturated carbocycles. The normalized spacial score (nSPS) is 24.5. The molecule has 0 aromatic carbocycles. The number of nitrogens with zero attached hydrogens (tertiary/aromatic N) is 1. The first-order valence-electron chi connectivity index (χ1n) is 8.84. The zero-order chi connectivity index (χ0) is 18.9. The highest BCUT2D eigenvalue weighted by Crippen LogP contribution is 2.33. The average Bonchev–Trinajstić information content (AvgIpc) is 2.89. The topological polar surface area (TPSA) is 108 Å². The van der Waals surface area contributed by atoms with E-state index in [0.717, 1.165) is 0 Å². The van der Waals surface area contributed by atoms with Crippen molar-refractivity contribution in [3.8, 4) is 0 Å². The Kier molecular flexibility index (Phi) is 7.69. The predicted molar refractivity (Wildman–Crippen MR) is 96.2 cm³/mol. The van der Waals surface area contributed by atoms with Crippen molar-refractivity contribution in [2.45, 2.75) is 44.3 Å². The van der Waals surface area contributed by atoms with E-state index in [0.29, 0.717) is 25.0 Å². The number of carbonyl (C=O) groups is 2. The van der Waals surface area contributed by atoms with Crippen LogP contribution in [0.2, 0.25) is 0 Å². The predicted octanol–water partition coefficient (Wildman–Crippen LogP) is 2.44. The van der Waals surface area contributed by atoms with E-state index < -0.39 is 18.2 Å². The number of aliphatic carboxylic acids is 1. The Labute approximate surface area is 152 Å². The molecule has 140 valence electrons. The lowest BCUT2D eigenvalue weighted by atomic mass is 9.90. The zero-order valence-electron chi connectivity index (χ0n) is 14.6. The van der Waals surface area contributed by atoms with Gasteiger partial charge in [0.15, 0.2) is 0 Å². The van der Waals surface area contributed by atoms with Crippen LogP contribution in [-0.2, 0) is 9.59 Å². The minimum absolute atomic E-state index is 0.00895. The lowest BCUT2D eigenvalue weighted by Crippen LogP contribution is -2.18. The van der Waals surface area contributed by atoms with Gasteiger partial charge in [-0.1, -0.05) is 30.4 Å². The molecule has 1 aliphatic carbocycles. The summed E-state index contributed by atoms with van der Waals surface area (Å²) in [5.74, 6) is -1.48. The number of aliphatic hydroxyl groups excluding tert-OH is 2. The smallest absolute Gasteiger partial charge is 0.303 e. The Hall–Kier alpha value is -2.31. The number of aromatic nitrogens is 1. The van der Waals surface area contributed by atoms with Gasteiger partial charge in [-0.3, -0.25) is 14.6 Å². The summed E-state index contributed by atoms with van der Waals surface area (Å²) in [6.45, 7) is 0. The van der Waals surface area contributed by atoms with Crippen molar-refractivity contribution in [2.75, 3.05) is 0 Å². The number of carbonyl (C=O) groups excluding carboxylic acids is 1. The number of carboxylic acid groups (broad SMARTS) is 1. The largest absolute Gasteiger partial charge is 0.481 e. The third-order valence-corrected chi connectivity index (χ3v) is 4.56. The van der Waals surface area contributed by atoms with Crippen LogP contribution in [0.15, 0.2) is 48.7 Å². The molecule has 4 atom stereocenters. The van der Waals surface area contributed by atoms with Crippen molar-refractivity contribution in [1.29, 1.82) is 0 Å². The minimum Gasteiger partial charge on any atom is -0.481 e. The molecular weight excluding hydrogens is 334 g/mol. The zero-order valence-corrected chi connectivity index (χ0v) is 14.6. The highest BCUT2D eigenvalue weighted by Gasteiger charge is 2.39. The summed E-state index contributed by atoms with van der Waals surface area (Å²) < 4.78 is 0. The first kappa shape index (κ1) is 20.0. The van der Waals surface area contributed by atoms with Crippen LogP contribution in [-0.4, -0.2) is 38.2 Å². The maximum absolute atomic E-state index is 12.1. The molecule has 6 nitrogen and oxygen atoms in total. The fourth-order valence-corrected chi connectivity index (χ4v) is 3.14. The summed E-state index contributed by atoms with van der Waals surface area (Å²) in [6.07, 6.45) is 8.94. The standard InChI is InChI=1S/C20H25NO5/c22-17(16-8-5-6-12-21-16)11-10-15-14(18(23)13-19(15)24)7-3-1-2-4-9-20(25)26/h1,3,5-6,8,10-12,14-15,17,19,22,24H,2,4,7,9,13H2,(H,25,26)/b3-1-,11-10+/t14-,15-,17-,19-/m1/s1. The number of hydrogen-bond acceptors (Lipinski definition) is 5. The first-order valence-corrected chi connectivity index (χ1v) is 8.84. The van der Waals surface area contributed by atoms with Crippen molar-refractivity contribution in [2.24, 2.45) is 11.8 Å². The number of unbranched alkanes of at least 4 members (excludes halogenated alkanes) is 1. The van der Waals surface area contributed by atoms with Crippen LogP contribution in [0.5, 0.6) is 0 Å².